The van der Waals surface area contributed by atoms with Crippen LogP contribution in [0.4, 0.5) is 0 Å². The lowest BCUT2D eigenvalue weighted by molar-refractivity contribution is 0.0930. The Labute approximate surface area is 85.2 Å². The minimum atomic E-state index is -0.275. The third-order valence-corrected chi connectivity index (χ3v) is 3.30. The Kier molecular flexibility index (Phi) is 3.38. The Balaban J connectivity index is 1.82. The summed E-state index contributed by atoms with van der Waals surface area (Å²) in [6, 6.07) is 0.247. The van der Waals surface area contributed by atoms with Crippen LogP contribution in [0.1, 0.15) is 6.42 Å². The molecule has 0 bridgehead atoms. The number of aliphatic hydroxyl groups is 1. The first kappa shape index (κ1) is 10.4. The Morgan fingerprint density at radius 2 is 2.36 bits per heavy atom. The van der Waals surface area contributed by atoms with E-state index < -0.39 is 0 Å². The predicted molar refractivity (Wildman–Crippen MR) is 54.2 cm³/mol. The van der Waals surface area contributed by atoms with Gasteiger partial charge in [0.05, 0.1) is 25.4 Å². The van der Waals surface area contributed by atoms with Crippen LogP contribution in [0.15, 0.2) is 0 Å². The first-order valence-corrected chi connectivity index (χ1v) is 5.45. The molecule has 2 saturated heterocycles. The van der Waals surface area contributed by atoms with Crippen LogP contribution in [0.2, 0.25) is 0 Å². The average molecular weight is 200 g/mol. The highest BCUT2D eigenvalue weighted by molar-refractivity contribution is 4.88. The van der Waals surface area contributed by atoms with Gasteiger partial charge in [0.15, 0.2) is 0 Å². The van der Waals surface area contributed by atoms with E-state index in [4.69, 9.17) is 4.74 Å². The van der Waals surface area contributed by atoms with Gasteiger partial charge in [-0.1, -0.05) is 0 Å². The van der Waals surface area contributed by atoms with Crippen LogP contribution in [0, 0.1) is 5.92 Å². The Hall–Kier alpha value is -0.160. The Morgan fingerprint density at radius 3 is 3.00 bits per heavy atom. The largest absolute Gasteiger partial charge is 0.389 e. The van der Waals surface area contributed by atoms with E-state index in [1.54, 1.807) is 0 Å². The molecule has 0 aromatic rings. The summed E-state index contributed by atoms with van der Waals surface area (Å²) in [5, 5.41) is 12.9. The molecule has 2 N–H and O–H groups in total. The van der Waals surface area contributed by atoms with Crippen molar-refractivity contribution in [2.75, 3.05) is 39.9 Å². The highest BCUT2D eigenvalue weighted by Crippen LogP contribution is 2.22. The van der Waals surface area contributed by atoms with E-state index >= 15 is 0 Å². The number of nitrogens with one attached hydrogen (secondary N) is 1. The molecule has 2 heterocycles. The highest BCUT2D eigenvalue weighted by atomic mass is 16.5. The van der Waals surface area contributed by atoms with Gasteiger partial charge < -0.3 is 15.2 Å². The van der Waals surface area contributed by atoms with Crippen LogP contribution < -0.4 is 5.32 Å². The Bertz CT molecular complexity index is 189. The van der Waals surface area contributed by atoms with Crippen molar-refractivity contribution in [3.63, 3.8) is 0 Å². The number of rotatable bonds is 3. The quantitative estimate of drug-likeness (QED) is 0.631. The maximum Gasteiger partial charge on any atom is 0.0950 e. The molecule has 0 aromatic heterocycles. The summed E-state index contributed by atoms with van der Waals surface area (Å²) in [6.07, 6.45) is 0.965. The third-order valence-electron chi connectivity index (χ3n) is 3.30. The summed E-state index contributed by atoms with van der Waals surface area (Å²) < 4.78 is 5.27. The average Bonchev–Trinajstić information content (AvgIpc) is 2.74. The number of likely N-dealkylation sites (tertiary alicyclic amines) is 1. The van der Waals surface area contributed by atoms with Crippen LogP contribution in [0.25, 0.3) is 0 Å². The number of aliphatic hydroxyl groups excluding tert-OH is 1. The molecule has 3 atom stereocenters. The van der Waals surface area contributed by atoms with E-state index in [0.29, 0.717) is 13.2 Å². The van der Waals surface area contributed by atoms with Gasteiger partial charge in [-0.2, -0.15) is 0 Å². The summed E-state index contributed by atoms with van der Waals surface area (Å²) in [6.45, 7) is 4.51. The molecule has 2 rings (SSSR count). The monoisotopic (exact) mass is 200 g/mol. The molecule has 0 amide bonds. The lowest BCUT2D eigenvalue weighted by atomic mass is 10.1. The molecule has 0 saturated carbocycles. The lowest BCUT2D eigenvalue weighted by Gasteiger charge is -2.25. The SMILES string of the molecule is CNCC1CCN(C2COCC2O)C1. The van der Waals surface area contributed by atoms with Gasteiger partial charge in [-0.25, -0.2) is 0 Å². The first-order valence-electron chi connectivity index (χ1n) is 5.45. The fraction of sp³-hybridized carbons (Fsp3) is 1.00. The van der Waals surface area contributed by atoms with Crippen molar-refractivity contribution in [1.29, 1.82) is 0 Å². The second kappa shape index (κ2) is 4.57. The molecule has 0 aliphatic carbocycles. The molecule has 14 heavy (non-hydrogen) atoms. The molecule has 0 radical (unpaired) electrons. The van der Waals surface area contributed by atoms with Crippen molar-refractivity contribution in [2.45, 2.75) is 18.6 Å². The maximum atomic E-state index is 9.68. The standard InChI is InChI=1S/C10H20N2O2/c1-11-4-8-2-3-12(5-8)9-6-14-7-10(9)13/h8-11,13H,2-7H2,1H3. The van der Waals surface area contributed by atoms with E-state index in [1.165, 1.54) is 6.42 Å². The van der Waals surface area contributed by atoms with Gasteiger partial charge in [-0.3, -0.25) is 4.90 Å². The molecule has 4 heteroatoms. The van der Waals surface area contributed by atoms with Crippen molar-refractivity contribution >= 4 is 0 Å². The van der Waals surface area contributed by atoms with Crippen molar-refractivity contribution < 1.29 is 9.84 Å². The number of hydrogen-bond acceptors (Lipinski definition) is 4. The van der Waals surface area contributed by atoms with Crippen molar-refractivity contribution in [1.82, 2.24) is 10.2 Å². The summed E-state index contributed by atoms with van der Waals surface area (Å²) in [5.74, 6) is 0.743. The first-order chi connectivity index (χ1) is 6.81. The molecule has 4 nitrogen and oxygen atoms in total. The minimum Gasteiger partial charge on any atom is -0.389 e. The number of hydrogen-bond donors (Lipinski definition) is 2. The van der Waals surface area contributed by atoms with Crippen LogP contribution in [-0.2, 0) is 4.74 Å². The van der Waals surface area contributed by atoms with E-state index in [-0.39, 0.29) is 12.1 Å². The summed E-state index contributed by atoms with van der Waals surface area (Å²) >= 11 is 0. The Morgan fingerprint density at radius 1 is 1.50 bits per heavy atom. The van der Waals surface area contributed by atoms with Crippen molar-refractivity contribution in [3.8, 4) is 0 Å². The molecular formula is C10H20N2O2. The van der Waals surface area contributed by atoms with Gasteiger partial charge >= 0.3 is 0 Å². The van der Waals surface area contributed by atoms with Gasteiger partial charge in [0.1, 0.15) is 0 Å². The maximum absolute atomic E-state index is 9.68. The molecule has 2 aliphatic rings. The van der Waals surface area contributed by atoms with Crippen LogP contribution in [-0.4, -0.2) is 62.0 Å². The van der Waals surface area contributed by atoms with E-state index in [2.05, 4.69) is 10.2 Å². The zero-order valence-corrected chi connectivity index (χ0v) is 8.78. The van der Waals surface area contributed by atoms with Crippen LogP contribution >= 0.6 is 0 Å². The van der Waals surface area contributed by atoms with Gasteiger partial charge in [0.25, 0.3) is 0 Å². The summed E-state index contributed by atoms with van der Waals surface area (Å²) in [7, 11) is 2.00. The van der Waals surface area contributed by atoms with Crippen molar-refractivity contribution in [2.24, 2.45) is 5.92 Å². The zero-order valence-electron chi connectivity index (χ0n) is 8.78. The zero-order chi connectivity index (χ0) is 9.97. The van der Waals surface area contributed by atoms with Gasteiger partial charge in [0.2, 0.25) is 0 Å². The van der Waals surface area contributed by atoms with E-state index in [1.807, 2.05) is 7.05 Å². The molecule has 3 unspecified atom stereocenters. The minimum absolute atomic E-state index is 0.247. The predicted octanol–water partition coefficient (Wildman–Crippen LogP) is -0.713. The summed E-state index contributed by atoms with van der Waals surface area (Å²) in [4.78, 5) is 2.37. The lowest BCUT2D eigenvalue weighted by Crippen LogP contribution is -2.42. The second-order valence-corrected chi connectivity index (χ2v) is 4.38. The van der Waals surface area contributed by atoms with Crippen LogP contribution in [0.5, 0.6) is 0 Å². The molecular weight excluding hydrogens is 180 g/mol. The highest BCUT2D eigenvalue weighted by Gasteiger charge is 2.35. The normalized spacial score (nSPS) is 39.4. The molecule has 0 spiro atoms. The third kappa shape index (κ3) is 2.08. The van der Waals surface area contributed by atoms with Gasteiger partial charge in [-0.05, 0) is 32.5 Å². The fourth-order valence-electron chi connectivity index (χ4n) is 2.50. The van der Waals surface area contributed by atoms with Crippen LogP contribution in [0.3, 0.4) is 0 Å². The molecule has 2 fully saturated rings. The van der Waals surface area contributed by atoms with Gasteiger partial charge in [0, 0.05) is 6.54 Å². The second-order valence-electron chi connectivity index (χ2n) is 4.38. The topological polar surface area (TPSA) is 44.7 Å². The molecule has 0 aromatic carbocycles. The number of nitrogens with zero attached hydrogens (tertiary/aromatic N) is 1. The molecule has 2 aliphatic heterocycles. The van der Waals surface area contributed by atoms with E-state index in [9.17, 15) is 5.11 Å². The molecule has 82 valence electrons. The van der Waals surface area contributed by atoms with Crippen molar-refractivity contribution in [3.05, 3.63) is 0 Å². The fourth-order valence-corrected chi connectivity index (χ4v) is 2.50. The van der Waals surface area contributed by atoms with Gasteiger partial charge in [-0.15, -0.1) is 0 Å². The van der Waals surface area contributed by atoms with E-state index in [0.717, 1.165) is 25.6 Å². The smallest absolute Gasteiger partial charge is 0.0950 e. The summed E-state index contributed by atoms with van der Waals surface area (Å²) in [5.41, 5.74) is 0. The number of ether oxygens (including phenoxy) is 1.